The van der Waals surface area contributed by atoms with Crippen LogP contribution in [-0.2, 0) is 16.6 Å². The molecule has 0 aliphatic heterocycles. The number of carbonyl (C=O) groups is 1. The van der Waals surface area contributed by atoms with E-state index < -0.39 is 10.0 Å². The number of rotatable bonds is 9. The molecule has 4 aromatic rings. The fourth-order valence-electron chi connectivity index (χ4n) is 4.11. The molecule has 1 N–H and O–H groups in total. The SMILES string of the molecule is C[C@@H](CNC(=O)c1ccc(CN(c2ccccc2-c2ccccc2)S(C)(=O)=O)cc1)c1ccccc1. The third kappa shape index (κ3) is 6.20. The first-order valence-corrected chi connectivity index (χ1v) is 13.7. The van der Waals surface area contributed by atoms with Crippen LogP contribution in [0, 0.1) is 0 Å². The first-order valence-electron chi connectivity index (χ1n) is 11.9. The van der Waals surface area contributed by atoms with Gasteiger partial charge in [0.25, 0.3) is 5.91 Å². The molecule has 1 amide bonds. The number of nitrogens with one attached hydrogen (secondary N) is 1. The van der Waals surface area contributed by atoms with Crippen molar-refractivity contribution < 1.29 is 13.2 Å². The summed E-state index contributed by atoms with van der Waals surface area (Å²) in [5, 5.41) is 2.99. The zero-order valence-electron chi connectivity index (χ0n) is 20.5. The fourth-order valence-corrected chi connectivity index (χ4v) is 5.01. The van der Waals surface area contributed by atoms with E-state index in [-0.39, 0.29) is 18.4 Å². The summed E-state index contributed by atoms with van der Waals surface area (Å²) in [5.74, 6) is 0.0427. The Hall–Kier alpha value is -3.90. The molecule has 36 heavy (non-hydrogen) atoms. The van der Waals surface area contributed by atoms with Crippen molar-refractivity contribution in [2.24, 2.45) is 0 Å². The number of sulfonamides is 1. The number of amides is 1. The Labute approximate surface area is 213 Å². The summed E-state index contributed by atoms with van der Waals surface area (Å²) < 4.78 is 27.1. The molecule has 6 heteroatoms. The summed E-state index contributed by atoms with van der Waals surface area (Å²) in [6.07, 6.45) is 1.21. The second kappa shape index (κ2) is 11.2. The highest BCUT2D eigenvalue weighted by molar-refractivity contribution is 7.92. The monoisotopic (exact) mass is 498 g/mol. The van der Waals surface area contributed by atoms with Crippen LogP contribution in [0.4, 0.5) is 5.69 Å². The van der Waals surface area contributed by atoms with E-state index in [1.807, 2.05) is 72.8 Å². The first-order chi connectivity index (χ1) is 17.3. The molecule has 4 aromatic carbocycles. The van der Waals surface area contributed by atoms with Crippen molar-refractivity contribution in [1.82, 2.24) is 5.32 Å². The Balaban J connectivity index is 1.50. The average Bonchev–Trinajstić information content (AvgIpc) is 2.91. The van der Waals surface area contributed by atoms with E-state index in [9.17, 15) is 13.2 Å². The third-order valence-corrected chi connectivity index (χ3v) is 7.26. The third-order valence-electron chi connectivity index (χ3n) is 6.14. The van der Waals surface area contributed by atoms with E-state index in [4.69, 9.17) is 0 Å². The van der Waals surface area contributed by atoms with Gasteiger partial charge >= 0.3 is 0 Å². The van der Waals surface area contributed by atoms with Gasteiger partial charge in [0.15, 0.2) is 0 Å². The summed E-state index contributed by atoms with van der Waals surface area (Å²) in [4.78, 5) is 12.7. The Morgan fingerprint density at radius 1 is 0.806 bits per heavy atom. The van der Waals surface area contributed by atoms with Gasteiger partial charge in [-0.2, -0.15) is 0 Å². The lowest BCUT2D eigenvalue weighted by Gasteiger charge is -2.25. The van der Waals surface area contributed by atoms with Gasteiger partial charge in [-0.05, 0) is 40.8 Å². The Morgan fingerprint density at radius 3 is 2.03 bits per heavy atom. The molecule has 1 atom stereocenters. The Morgan fingerprint density at radius 2 is 1.39 bits per heavy atom. The van der Waals surface area contributed by atoms with Crippen LogP contribution in [0.3, 0.4) is 0 Å². The van der Waals surface area contributed by atoms with E-state index in [1.54, 1.807) is 24.3 Å². The molecule has 0 spiro atoms. The lowest BCUT2D eigenvalue weighted by molar-refractivity contribution is 0.0951. The van der Waals surface area contributed by atoms with Crippen LogP contribution in [-0.4, -0.2) is 27.1 Å². The minimum absolute atomic E-state index is 0.154. The number of carbonyl (C=O) groups excluding carboxylic acids is 1. The van der Waals surface area contributed by atoms with E-state index in [0.29, 0.717) is 17.8 Å². The van der Waals surface area contributed by atoms with E-state index in [0.717, 1.165) is 16.7 Å². The van der Waals surface area contributed by atoms with Gasteiger partial charge in [0.1, 0.15) is 0 Å². The molecular weight excluding hydrogens is 468 g/mol. The van der Waals surface area contributed by atoms with Gasteiger partial charge in [0, 0.05) is 17.7 Å². The highest BCUT2D eigenvalue weighted by Crippen LogP contribution is 2.33. The van der Waals surface area contributed by atoms with Gasteiger partial charge in [-0.1, -0.05) is 97.9 Å². The smallest absolute Gasteiger partial charge is 0.251 e. The number of benzene rings is 4. The second-order valence-electron chi connectivity index (χ2n) is 8.87. The van der Waals surface area contributed by atoms with Crippen LogP contribution >= 0.6 is 0 Å². The van der Waals surface area contributed by atoms with Crippen LogP contribution < -0.4 is 9.62 Å². The number of anilines is 1. The van der Waals surface area contributed by atoms with Crippen molar-refractivity contribution in [1.29, 1.82) is 0 Å². The molecule has 0 radical (unpaired) electrons. The first kappa shape index (κ1) is 25.2. The lowest BCUT2D eigenvalue weighted by Crippen LogP contribution is -2.30. The van der Waals surface area contributed by atoms with Crippen molar-refractivity contribution in [3.8, 4) is 11.1 Å². The van der Waals surface area contributed by atoms with Crippen molar-refractivity contribution in [3.63, 3.8) is 0 Å². The highest BCUT2D eigenvalue weighted by atomic mass is 32.2. The minimum atomic E-state index is -3.56. The van der Waals surface area contributed by atoms with Crippen LogP contribution in [0.25, 0.3) is 11.1 Å². The van der Waals surface area contributed by atoms with Gasteiger partial charge in [-0.25, -0.2) is 8.42 Å². The van der Waals surface area contributed by atoms with Crippen molar-refractivity contribution in [3.05, 3.63) is 126 Å². The van der Waals surface area contributed by atoms with E-state index >= 15 is 0 Å². The van der Waals surface area contributed by atoms with E-state index in [1.165, 1.54) is 16.1 Å². The largest absolute Gasteiger partial charge is 0.351 e. The molecule has 0 aliphatic carbocycles. The number of para-hydroxylation sites is 1. The molecule has 184 valence electrons. The molecule has 0 heterocycles. The summed E-state index contributed by atoms with van der Waals surface area (Å²) >= 11 is 0. The summed E-state index contributed by atoms with van der Waals surface area (Å²) in [7, 11) is -3.56. The molecule has 0 aliphatic rings. The molecule has 0 saturated carbocycles. The normalized spacial score (nSPS) is 12.1. The number of hydrogen-bond acceptors (Lipinski definition) is 3. The second-order valence-corrected chi connectivity index (χ2v) is 10.8. The molecule has 0 unspecified atom stereocenters. The van der Waals surface area contributed by atoms with Crippen molar-refractivity contribution >= 4 is 21.6 Å². The quantitative estimate of drug-likeness (QED) is 0.315. The molecular formula is C30H30N2O3S. The predicted molar refractivity (Wildman–Crippen MR) is 147 cm³/mol. The minimum Gasteiger partial charge on any atom is -0.351 e. The molecule has 0 fully saturated rings. The maximum Gasteiger partial charge on any atom is 0.251 e. The molecule has 0 saturated heterocycles. The van der Waals surface area contributed by atoms with Crippen LogP contribution in [0.5, 0.6) is 0 Å². The van der Waals surface area contributed by atoms with Crippen molar-refractivity contribution in [2.45, 2.75) is 19.4 Å². The highest BCUT2D eigenvalue weighted by Gasteiger charge is 2.21. The zero-order chi connectivity index (χ0) is 25.5. The standard InChI is InChI=1S/C30H30N2O3S/c1-23(25-11-5-3-6-12-25)21-31-30(33)27-19-17-24(18-20-27)22-32(36(2,34)35)29-16-10-9-15-28(29)26-13-7-4-8-14-26/h3-20,23H,21-22H2,1-2H3,(H,31,33)/t23-/m0/s1. The number of hydrogen-bond donors (Lipinski definition) is 1. The summed E-state index contributed by atoms with van der Waals surface area (Å²) in [5.41, 5.74) is 4.89. The Bertz CT molecular complexity index is 1400. The van der Waals surface area contributed by atoms with E-state index in [2.05, 4.69) is 24.4 Å². The lowest BCUT2D eigenvalue weighted by atomic mass is 10.0. The van der Waals surface area contributed by atoms with Gasteiger partial charge in [0.05, 0.1) is 18.5 Å². The molecule has 4 rings (SSSR count). The Kier molecular flexibility index (Phi) is 7.86. The van der Waals surface area contributed by atoms with Gasteiger partial charge in [0.2, 0.25) is 10.0 Å². The van der Waals surface area contributed by atoms with Crippen LogP contribution in [0.2, 0.25) is 0 Å². The zero-order valence-corrected chi connectivity index (χ0v) is 21.3. The van der Waals surface area contributed by atoms with Crippen LogP contribution in [0.15, 0.2) is 109 Å². The topological polar surface area (TPSA) is 66.5 Å². The maximum atomic E-state index is 12.8. The van der Waals surface area contributed by atoms with Gasteiger partial charge < -0.3 is 5.32 Å². The fraction of sp³-hybridized carbons (Fsp3) is 0.167. The van der Waals surface area contributed by atoms with Crippen LogP contribution in [0.1, 0.15) is 34.3 Å². The predicted octanol–water partition coefficient (Wildman–Crippen LogP) is 5.85. The summed E-state index contributed by atoms with van der Waals surface area (Å²) in [6, 6.07) is 34.3. The molecule has 0 aromatic heterocycles. The molecule has 5 nitrogen and oxygen atoms in total. The molecule has 0 bridgehead atoms. The number of nitrogens with zero attached hydrogens (tertiary/aromatic N) is 1. The maximum absolute atomic E-state index is 12.8. The average molecular weight is 499 g/mol. The van der Waals surface area contributed by atoms with Crippen molar-refractivity contribution in [2.75, 3.05) is 17.1 Å². The van der Waals surface area contributed by atoms with Gasteiger partial charge in [-0.3, -0.25) is 9.10 Å². The summed E-state index contributed by atoms with van der Waals surface area (Å²) in [6.45, 7) is 2.77. The van der Waals surface area contributed by atoms with Gasteiger partial charge in [-0.15, -0.1) is 0 Å².